The molecule has 1 amide bonds. The Morgan fingerprint density at radius 1 is 1.38 bits per heavy atom. The van der Waals surface area contributed by atoms with Gasteiger partial charge in [0.1, 0.15) is 0 Å². The van der Waals surface area contributed by atoms with Crippen molar-refractivity contribution in [2.24, 2.45) is 5.92 Å². The minimum absolute atomic E-state index is 0.0659. The second-order valence-corrected chi connectivity index (χ2v) is 7.91. The summed E-state index contributed by atoms with van der Waals surface area (Å²) in [6.45, 7) is 2.88. The van der Waals surface area contributed by atoms with E-state index in [1.807, 2.05) is 23.1 Å². The molecule has 3 saturated heterocycles. The summed E-state index contributed by atoms with van der Waals surface area (Å²) in [5, 5.41) is 1.72. The highest BCUT2D eigenvalue weighted by molar-refractivity contribution is 7.22. The van der Waals surface area contributed by atoms with Crippen LogP contribution in [0.15, 0.2) is 18.2 Å². The third-order valence-electron chi connectivity index (χ3n) is 4.94. The van der Waals surface area contributed by atoms with Crippen LogP contribution < -0.4 is 4.90 Å². The fourth-order valence-electron chi connectivity index (χ4n) is 3.70. The molecular formula is C17H20ClN3O2S. The minimum Gasteiger partial charge on any atom is -0.383 e. The molecule has 128 valence electrons. The summed E-state index contributed by atoms with van der Waals surface area (Å²) in [7, 11) is 1.68. The number of amides is 1. The van der Waals surface area contributed by atoms with Crippen LogP contribution in [0.5, 0.6) is 0 Å². The van der Waals surface area contributed by atoms with Gasteiger partial charge in [-0.25, -0.2) is 4.98 Å². The van der Waals surface area contributed by atoms with E-state index in [2.05, 4.69) is 4.90 Å². The van der Waals surface area contributed by atoms with E-state index in [0.717, 1.165) is 46.3 Å². The molecule has 0 saturated carbocycles. The zero-order chi connectivity index (χ0) is 16.7. The van der Waals surface area contributed by atoms with Gasteiger partial charge in [0, 0.05) is 37.8 Å². The van der Waals surface area contributed by atoms with Crippen LogP contribution in [0.4, 0.5) is 5.13 Å². The van der Waals surface area contributed by atoms with Crippen molar-refractivity contribution < 1.29 is 9.53 Å². The number of carbonyl (C=O) groups excluding carboxylic acids is 1. The summed E-state index contributed by atoms with van der Waals surface area (Å²) in [5.41, 5.74) is 0.971. The van der Waals surface area contributed by atoms with Crippen LogP contribution in [0.25, 0.3) is 10.2 Å². The Morgan fingerprint density at radius 2 is 2.25 bits per heavy atom. The second kappa shape index (κ2) is 6.50. The van der Waals surface area contributed by atoms with Crippen molar-refractivity contribution >= 4 is 44.2 Å². The Labute approximate surface area is 150 Å². The Kier molecular flexibility index (Phi) is 4.37. The molecule has 1 aromatic carbocycles. The number of carbonyl (C=O) groups is 1. The van der Waals surface area contributed by atoms with E-state index in [9.17, 15) is 4.79 Å². The smallest absolute Gasteiger partial charge is 0.227 e. The topological polar surface area (TPSA) is 45.7 Å². The zero-order valence-electron chi connectivity index (χ0n) is 13.6. The summed E-state index contributed by atoms with van der Waals surface area (Å²) in [6, 6.07) is 6.04. The molecular weight excluding hydrogens is 346 g/mol. The fourth-order valence-corrected chi connectivity index (χ4v) is 4.96. The molecule has 5 nitrogen and oxygen atoms in total. The molecule has 3 fully saturated rings. The number of hydrogen-bond acceptors (Lipinski definition) is 5. The van der Waals surface area contributed by atoms with Gasteiger partial charge in [-0.1, -0.05) is 22.9 Å². The number of ether oxygens (including phenoxy) is 1. The second-order valence-electron chi connectivity index (χ2n) is 6.47. The molecule has 7 heteroatoms. The van der Waals surface area contributed by atoms with Gasteiger partial charge in [0.15, 0.2) is 5.13 Å². The molecule has 2 aromatic rings. The average molecular weight is 366 g/mol. The highest BCUT2D eigenvalue weighted by atomic mass is 35.5. The summed E-state index contributed by atoms with van der Waals surface area (Å²) >= 11 is 7.74. The Morgan fingerprint density at radius 3 is 3.08 bits per heavy atom. The van der Waals surface area contributed by atoms with Crippen molar-refractivity contribution in [2.45, 2.75) is 18.9 Å². The Balaban J connectivity index is 1.61. The Hall–Kier alpha value is -1.37. The van der Waals surface area contributed by atoms with Gasteiger partial charge in [-0.2, -0.15) is 0 Å². The first-order chi connectivity index (χ1) is 11.7. The third kappa shape index (κ3) is 2.87. The van der Waals surface area contributed by atoms with Gasteiger partial charge < -0.3 is 14.5 Å². The molecule has 0 radical (unpaired) electrons. The highest BCUT2D eigenvalue weighted by Crippen LogP contribution is 2.35. The van der Waals surface area contributed by atoms with Crippen molar-refractivity contribution in [2.75, 3.05) is 38.3 Å². The highest BCUT2D eigenvalue weighted by Gasteiger charge is 2.41. The van der Waals surface area contributed by atoms with E-state index in [4.69, 9.17) is 21.3 Å². The lowest BCUT2D eigenvalue weighted by atomic mass is 9.94. The van der Waals surface area contributed by atoms with Crippen molar-refractivity contribution in [1.29, 1.82) is 0 Å². The first kappa shape index (κ1) is 16.1. The first-order valence-corrected chi connectivity index (χ1v) is 9.45. The van der Waals surface area contributed by atoms with Crippen LogP contribution >= 0.6 is 22.9 Å². The number of nitrogens with zero attached hydrogens (tertiary/aromatic N) is 3. The fraction of sp³-hybridized carbons (Fsp3) is 0.529. The number of piperidine rings is 1. The standard InChI is InChI=1S/C17H20ClN3O2S/c1-23-7-6-21-13-4-2-11(16(21)22)9-20(10-13)17-19-14-5-3-12(18)8-15(14)24-17/h3,5,8,11,13H,2,4,6-7,9-10H2,1H3. The summed E-state index contributed by atoms with van der Waals surface area (Å²) in [6.07, 6.45) is 2.04. The maximum absolute atomic E-state index is 12.7. The van der Waals surface area contributed by atoms with E-state index in [0.29, 0.717) is 13.2 Å². The van der Waals surface area contributed by atoms with Gasteiger partial charge >= 0.3 is 0 Å². The van der Waals surface area contributed by atoms with Gasteiger partial charge in [-0.05, 0) is 31.0 Å². The van der Waals surface area contributed by atoms with E-state index >= 15 is 0 Å². The molecule has 0 spiro atoms. The third-order valence-corrected chi connectivity index (χ3v) is 6.25. The number of benzene rings is 1. The van der Waals surface area contributed by atoms with Gasteiger partial charge in [0.25, 0.3) is 0 Å². The average Bonchev–Trinajstić information content (AvgIpc) is 2.79. The number of methoxy groups -OCH3 is 1. The van der Waals surface area contributed by atoms with Crippen molar-refractivity contribution in [3.63, 3.8) is 0 Å². The first-order valence-electron chi connectivity index (χ1n) is 8.26. The minimum atomic E-state index is 0.0659. The van der Waals surface area contributed by atoms with Crippen LogP contribution in [-0.4, -0.2) is 55.2 Å². The van der Waals surface area contributed by atoms with Crippen LogP contribution in [0.1, 0.15) is 12.8 Å². The van der Waals surface area contributed by atoms with Crippen molar-refractivity contribution in [3.05, 3.63) is 23.2 Å². The molecule has 2 bridgehead atoms. The molecule has 3 aliphatic rings. The summed E-state index contributed by atoms with van der Waals surface area (Å²) in [5.74, 6) is 0.339. The number of anilines is 1. The molecule has 0 aliphatic carbocycles. The SMILES string of the molecule is COCCN1C(=O)C2CCC1CN(c1nc3ccc(Cl)cc3s1)C2. The lowest BCUT2D eigenvalue weighted by Crippen LogP contribution is -2.49. The maximum atomic E-state index is 12.7. The van der Waals surface area contributed by atoms with Gasteiger partial charge in [-0.15, -0.1) is 0 Å². The normalized spacial score (nSPS) is 24.0. The number of halogens is 1. The molecule has 0 N–H and O–H groups in total. The lowest BCUT2D eigenvalue weighted by Gasteiger charge is -2.35. The molecule has 1 aromatic heterocycles. The van der Waals surface area contributed by atoms with Crippen LogP contribution in [0, 0.1) is 5.92 Å². The van der Waals surface area contributed by atoms with E-state index in [1.165, 1.54) is 0 Å². The van der Waals surface area contributed by atoms with Crippen LogP contribution in [-0.2, 0) is 9.53 Å². The van der Waals surface area contributed by atoms with Gasteiger partial charge in [-0.3, -0.25) is 4.79 Å². The number of aromatic nitrogens is 1. The Bertz CT molecular complexity index is 765. The number of rotatable bonds is 4. The van der Waals surface area contributed by atoms with Crippen LogP contribution in [0.3, 0.4) is 0 Å². The predicted octanol–water partition coefficient (Wildman–Crippen LogP) is 3.02. The largest absolute Gasteiger partial charge is 0.383 e. The molecule has 5 rings (SSSR count). The quantitative estimate of drug-likeness (QED) is 0.835. The summed E-state index contributed by atoms with van der Waals surface area (Å²) < 4.78 is 6.27. The molecule has 24 heavy (non-hydrogen) atoms. The van der Waals surface area contributed by atoms with Gasteiger partial charge in [0.2, 0.25) is 5.91 Å². The lowest BCUT2D eigenvalue weighted by molar-refractivity contribution is -0.140. The maximum Gasteiger partial charge on any atom is 0.227 e. The number of thiazole rings is 1. The number of hydrogen-bond donors (Lipinski definition) is 0. The van der Waals surface area contributed by atoms with Crippen molar-refractivity contribution in [1.82, 2.24) is 9.88 Å². The predicted molar refractivity (Wildman–Crippen MR) is 96.9 cm³/mol. The van der Waals surface area contributed by atoms with Crippen LogP contribution in [0.2, 0.25) is 5.02 Å². The zero-order valence-corrected chi connectivity index (χ0v) is 15.1. The van der Waals surface area contributed by atoms with E-state index in [1.54, 1.807) is 18.4 Å². The monoisotopic (exact) mass is 365 g/mol. The van der Waals surface area contributed by atoms with E-state index < -0.39 is 0 Å². The molecule has 2 unspecified atom stereocenters. The number of fused-ring (bicyclic) bond motifs is 5. The molecule has 2 atom stereocenters. The van der Waals surface area contributed by atoms with Gasteiger partial charge in [0.05, 0.1) is 22.7 Å². The molecule has 4 heterocycles. The van der Waals surface area contributed by atoms with Crippen molar-refractivity contribution in [3.8, 4) is 0 Å². The molecule has 3 aliphatic heterocycles. The summed E-state index contributed by atoms with van der Waals surface area (Å²) in [4.78, 5) is 21.8. The van der Waals surface area contributed by atoms with E-state index in [-0.39, 0.29) is 17.9 Å².